The van der Waals surface area contributed by atoms with Gasteiger partial charge in [0.2, 0.25) is 0 Å². The molecule has 0 radical (unpaired) electrons. The van der Waals surface area contributed by atoms with Gasteiger partial charge >= 0.3 is 0 Å². The number of fused-ring (bicyclic) bond motifs is 2. The number of carbonyl (C=O) groups is 1. The molecule has 0 saturated carbocycles. The zero-order chi connectivity index (χ0) is 34.3. The Morgan fingerprint density at radius 1 is 0.900 bits per heavy atom. The third kappa shape index (κ3) is 7.57. The number of hydrogen-bond acceptors (Lipinski definition) is 8. The number of anilines is 1. The SMILES string of the molecule is COc1cc2c(Sc3ccc(NC(=O)c4cc(-c5ccccc5)nc5ccc(C#N)cc45)cc3)ccnc2cc1OCCCN1CCCCC1. The molecule has 8 nitrogen and oxygen atoms in total. The van der Waals surface area contributed by atoms with E-state index in [-0.39, 0.29) is 5.91 Å². The van der Waals surface area contributed by atoms with Crippen LogP contribution in [0.4, 0.5) is 5.69 Å². The summed E-state index contributed by atoms with van der Waals surface area (Å²) in [4.78, 5) is 27.7. The van der Waals surface area contributed by atoms with Gasteiger partial charge in [-0.15, -0.1) is 0 Å². The van der Waals surface area contributed by atoms with E-state index < -0.39 is 0 Å². The lowest BCUT2D eigenvalue weighted by Crippen LogP contribution is -2.31. The van der Waals surface area contributed by atoms with Gasteiger partial charge in [-0.2, -0.15) is 5.26 Å². The molecule has 9 heteroatoms. The van der Waals surface area contributed by atoms with Crippen molar-refractivity contribution < 1.29 is 14.3 Å². The quantitative estimate of drug-likeness (QED) is 0.136. The number of likely N-dealkylation sites (tertiary alicyclic amines) is 1. The number of ether oxygens (including phenoxy) is 2. The van der Waals surface area contributed by atoms with E-state index in [1.165, 1.54) is 32.4 Å². The fraction of sp³-hybridized carbons (Fsp3) is 0.220. The normalized spacial score (nSPS) is 13.2. The van der Waals surface area contributed by atoms with Crippen LogP contribution in [-0.4, -0.2) is 54.1 Å². The summed E-state index contributed by atoms with van der Waals surface area (Å²) in [7, 11) is 1.66. The molecule has 6 aromatic rings. The highest BCUT2D eigenvalue weighted by Gasteiger charge is 2.17. The molecule has 1 N–H and O–H groups in total. The minimum Gasteiger partial charge on any atom is -0.493 e. The Bertz CT molecular complexity index is 2180. The summed E-state index contributed by atoms with van der Waals surface area (Å²) >= 11 is 1.62. The van der Waals surface area contributed by atoms with Crippen LogP contribution in [0.25, 0.3) is 33.1 Å². The number of nitrogens with one attached hydrogen (secondary N) is 1. The van der Waals surface area contributed by atoms with Crippen molar-refractivity contribution in [3.8, 4) is 28.8 Å². The Hall–Kier alpha value is -5.43. The van der Waals surface area contributed by atoms with Crippen LogP contribution in [0.1, 0.15) is 41.6 Å². The molecule has 1 amide bonds. The van der Waals surface area contributed by atoms with E-state index in [1.807, 2.05) is 79.0 Å². The molecule has 1 aliphatic rings. The van der Waals surface area contributed by atoms with Crippen molar-refractivity contribution in [3.05, 3.63) is 114 Å². The van der Waals surface area contributed by atoms with E-state index in [4.69, 9.17) is 14.5 Å². The smallest absolute Gasteiger partial charge is 0.256 e. The predicted octanol–water partition coefficient (Wildman–Crippen LogP) is 8.99. The first-order valence-electron chi connectivity index (χ1n) is 16.9. The zero-order valence-electron chi connectivity index (χ0n) is 27.9. The van der Waals surface area contributed by atoms with Gasteiger partial charge < -0.3 is 19.7 Å². The lowest BCUT2D eigenvalue weighted by Gasteiger charge is -2.26. The molecule has 0 spiro atoms. The topological polar surface area (TPSA) is 100 Å². The number of methoxy groups -OCH3 is 1. The van der Waals surface area contributed by atoms with Crippen molar-refractivity contribution >= 4 is 45.2 Å². The molecule has 1 aliphatic heterocycles. The number of rotatable bonds is 11. The van der Waals surface area contributed by atoms with Crippen molar-refractivity contribution in [2.75, 3.05) is 38.7 Å². The number of pyridine rings is 2. The average molecular weight is 680 g/mol. The van der Waals surface area contributed by atoms with E-state index in [0.717, 1.165) is 39.2 Å². The Morgan fingerprint density at radius 3 is 2.50 bits per heavy atom. The molecule has 7 rings (SSSR count). The summed E-state index contributed by atoms with van der Waals surface area (Å²) in [5.41, 5.74) is 4.65. The molecule has 0 bridgehead atoms. The second-order valence-electron chi connectivity index (χ2n) is 12.3. The van der Waals surface area contributed by atoms with Crippen LogP contribution in [0.5, 0.6) is 11.5 Å². The van der Waals surface area contributed by atoms with E-state index >= 15 is 0 Å². The van der Waals surface area contributed by atoms with Gasteiger partial charge in [-0.3, -0.25) is 9.78 Å². The van der Waals surface area contributed by atoms with Crippen LogP contribution >= 0.6 is 11.8 Å². The Kier molecular flexibility index (Phi) is 10.2. The van der Waals surface area contributed by atoms with Crippen LogP contribution in [0, 0.1) is 11.3 Å². The molecule has 3 heterocycles. The zero-order valence-corrected chi connectivity index (χ0v) is 28.7. The number of nitriles is 1. The number of aromatic nitrogens is 2. The van der Waals surface area contributed by atoms with Crippen LogP contribution in [-0.2, 0) is 0 Å². The van der Waals surface area contributed by atoms with Gasteiger partial charge in [-0.1, -0.05) is 48.5 Å². The van der Waals surface area contributed by atoms with Gasteiger partial charge in [-0.25, -0.2) is 4.98 Å². The highest BCUT2D eigenvalue weighted by Crippen LogP contribution is 2.39. The van der Waals surface area contributed by atoms with Crippen molar-refractivity contribution in [3.63, 3.8) is 0 Å². The molecule has 1 fully saturated rings. The number of hydrogen-bond donors (Lipinski definition) is 1. The minimum atomic E-state index is -0.276. The fourth-order valence-electron chi connectivity index (χ4n) is 6.31. The second kappa shape index (κ2) is 15.4. The number of carbonyl (C=O) groups excluding carboxylic acids is 1. The standard InChI is InChI=1S/C41H37N5O3S/c1-48-38-25-34-37(26-39(38)49-22-8-21-46-19-6-3-7-20-46)43-18-17-40(34)50-31-14-12-30(13-15-31)44-41(47)33-24-36(29-9-4-2-5-10-29)45-35-16-11-28(27-42)23-32(33)35/h2,4-5,9-18,23-26H,3,6-8,19-22H2,1H3,(H,44,47). The Balaban J connectivity index is 1.06. The van der Waals surface area contributed by atoms with Gasteiger partial charge in [0.15, 0.2) is 11.5 Å². The first-order chi connectivity index (χ1) is 24.6. The molecular weight excluding hydrogens is 643 g/mol. The summed E-state index contributed by atoms with van der Waals surface area (Å²) in [6, 6.07) is 32.6. The Morgan fingerprint density at radius 2 is 1.72 bits per heavy atom. The molecule has 0 atom stereocenters. The van der Waals surface area contributed by atoms with Gasteiger partial charge in [-0.05, 0) is 93.0 Å². The predicted molar refractivity (Wildman–Crippen MR) is 199 cm³/mol. The monoisotopic (exact) mass is 679 g/mol. The summed E-state index contributed by atoms with van der Waals surface area (Å²) < 4.78 is 11.9. The third-order valence-corrected chi connectivity index (χ3v) is 9.99. The minimum absolute atomic E-state index is 0.276. The lowest BCUT2D eigenvalue weighted by atomic mass is 10.0. The molecule has 4 aromatic carbocycles. The lowest BCUT2D eigenvalue weighted by molar-refractivity contribution is 0.102. The summed E-state index contributed by atoms with van der Waals surface area (Å²) in [6.45, 7) is 4.05. The van der Waals surface area contributed by atoms with Gasteiger partial charge in [0, 0.05) is 50.6 Å². The van der Waals surface area contributed by atoms with Gasteiger partial charge in [0.1, 0.15) is 0 Å². The average Bonchev–Trinajstić information content (AvgIpc) is 3.17. The number of amides is 1. The molecule has 0 unspecified atom stereocenters. The van der Waals surface area contributed by atoms with Crippen molar-refractivity contribution in [2.45, 2.75) is 35.5 Å². The first-order valence-corrected chi connectivity index (χ1v) is 17.7. The maximum Gasteiger partial charge on any atom is 0.256 e. The molecule has 0 aliphatic carbocycles. The Labute approximate surface area is 296 Å². The maximum absolute atomic E-state index is 13.7. The maximum atomic E-state index is 13.7. The molecule has 250 valence electrons. The van der Waals surface area contributed by atoms with Crippen LogP contribution in [0.15, 0.2) is 113 Å². The fourth-order valence-corrected chi connectivity index (χ4v) is 7.24. The number of piperidine rings is 1. The summed E-state index contributed by atoms with van der Waals surface area (Å²) in [5, 5.41) is 14.2. The van der Waals surface area contributed by atoms with E-state index in [0.29, 0.717) is 51.5 Å². The van der Waals surface area contributed by atoms with Crippen molar-refractivity contribution in [2.24, 2.45) is 0 Å². The molecule has 1 saturated heterocycles. The van der Waals surface area contributed by atoms with Crippen LogP contribution in [0.2, 0.25) is 0 Å². The van der Waals surface area contributed by atoms with Crippen molar-refractivity contribution in [1.82, 2.24) is 14.9 Å². The number of benzene rings is 4. The van der Waals surface area contributed by atoms with Crippen LogP contribution in [0.3, 0.4) is 0 Å². The van der Waals surface area contributed by atoms with Crippen molar-refractivity contribution in [1.29, 1.82) is 5.26 Å². The first kappa shape index (κ1) is 33.1. The van der Waals surface area contributed by atoms with E-state index in [1.54, 1.807) is 43.1 Å². The molecule has 2 aromatic heterocycles. The van der Waals surface area contributed by atoms with Gasteiger partial charge in [0.05, 0.1) is 47.6 Å². The highest BCUT2D eigenvalue weighted by molar-refractivity contribution is 7.99. The van der Waals surface area contributed by atoms with E-state index in [9.17, 15) is 10.1 Å². The summed E-state index contributed by atoms with van der Waals surface area (Å²) in [6.07, 6.45) is 6.70. The summed E-state index contributed by atoms with van der Waals surface area (Å²) in [5.74, 6) is 1.11. The molecule has 50 heavy (non-hydrogen) atoms. The van der Waals surface area contributed by atoms with Crippen LogP contribution < -0.4 is 14.8 Å². The van der Waals surface area contributed by atoms with E-state index in [2.05, 4.69) is 21.3 Å². The third-order valence-electron chi connectivity index (χ3n) is 8.90. The molecular formula is C41H37N5O3S. The van der Waals surface area contributed by atoms with Gasteiger partial charge in [0.25, 0.3) is 5.91 Å². The second-order valence-corrected chi connectivity index (χ2v) is 13.4. The number of nitrogens with zero attached hydrogens (tertiary/aromatic N) is 4. The highest BCUT2D eigenvalue weighted by atomic mass is 32.2. The largest absolute Gasteiger partial charge is 0.493 e.